The van der Waals surface area contributed by atoms with Gasteiger partial charge in [-0.3, -0.25) is 4.79 Å². The normalized spacial score (nSPS) is 15.8. The van der Waals surface area contributed by atoms with Crippen molar-refractivity contribution in [2.75, 3.05) is 13.1 Å². The van der Waals surface area contributed by atoms with E-state index < -0.39 is 0 Å². The summed E-state index contributed by atoms with van der Waals surface area (Å²) >= 11 is 0. The lowest BCUT2D eigenvalue weighted by molar-refractivity contribution is 0.0903. The number of benzene rings is 1. The highest BCUT2D eigenvalue weighted by Gasteiger charge is 2.18. The molecule has 0 atom stereocenters. The summed E-state index contributed by atoms with van der Waals surface area (Å²) < 4.78 is 5.60. The van der Waals surface area contributed by atoms with Gasteiger partial charge in [0.05, 0.1) is 0 Å². The maximum Gasteiger partial charge on any atom is 0.287 e. The van der Waals surface area contributed by atoms with E-state index in [2.05, 4.69) is 10.6 Å². The smallest absolute Gasteiger partial charge is 0.287 e. The van der Waals surface area contributed by atoms with Gasteiger partial charge in [0.25, 0.3) is 5.91 Å². The first kappa shape index (κ1) is 14.9. The quantitative estimate of drug-likeness (QED) is 0.895. The van der Waals surface area contributed by atoms with Crippen molar-refractivity contribution in [1.82, 2.24) is 10.6 Å². The van der Waals surface area contributed by atoms with Crippen molar-refractivity contribution in [3.05, 3.63) is 35.6 Å². The monoisotopic (exact) mass is 294 g/mol. The number of aryl methyl sites for hydroxylation is 1. The van der Waals surface area contributed by atoms with Crippen LogP contribution in [0.25, 0.3) is 11.0 Å². The van der Waals surface area contributed by atoms with Gasteiger partial charge in [0, 0.05) is 11.4 Å². The lowest BCUT2D eigenvalue weighted by Gasteiger charge is -2.23. The molecule has 2 heterocycles. The van der Waals surface area contributed by atoms with Gasteiger partial charge in [0.1, 0.15) is 5.58 Å². The van der Waals surface area contributed by atoms with Crippen LogP contribution in [-0.2, 0) is 0 Å². The van der Waals surface area contributed by atoms with Crippen molar-refractivity contribution in [1.29, 1.82) is 0 Å². The molecule has 0 spiro atoms. The zero-order valence-electron chi connectivity index (χ0n) is 11.4. The van der Waals surface area contributed by atoms with Gasteiger partial charge in [-0.25, -0.2) is 0 Å². The Morgan fingerprint density at radius 1 is 1.30 bits per heavy atom. The predicted molar refractivity (Wildman–Crippen MR) is 81.6 cm³/mol. The first-order chi connectivity index (χ1) is 9.22. The molecular weight excluding hydrogens is 276 g/mol. The van der Waals surface area contributed by atoms with Gasteiger partial charge in [-0.15, -0.1) is 12.4 Å². The van der Waals surface area contributed by atoms with Crippen LogP contribution in [0.4, 0.5) is 0 Å². The molecule has 1 aromatic heterocycles. The van der Waals surface area contributed by atoms with Crippen molar-refractivity contribution >= 4 is 29.3 Å². The van der Waals surface area contributed by atoms with Gasteiger partial charge < -0.3 is 15.1 Å². The van der Waals surface area contributed by atoms with E-state index in [0.717, 1.165) is 36.9 Å². The molecule has 1 aliphatic heterocycles. The fourth-order valence-electron chi connectivity index (χ4n) is 2.50. The number of fused-ring (bicyclic) bond motifs is 1. The van der Waals surface area contributed by atoms with Crippen molar-refractivity contribution in [3.8, 4) is 0 Å². The summed E-state index contributed by atoms with van der Waals surface area (Å²) in [5, 5.41) is 7.30. The van der Waals surface area contributed by atoms with Crippen LogP contribution in [0, 0.1) is 6.92 Å². The molecular formula is C15H19ClN2O2. The molecule has 1 fully saturated rings. The third-order valence-electron chi connectivity index (χ3n) is 3.57. The number of nitrogens with one attached hydrogen (secondary N) is 2. The van der Waals surface area contributed by atoms with Crippen LogP contribution in [0.1, 0.15) is 29.0 Å². The Hall–Kier alpha value is -1.52. The fraction of sp³-hybridized carbons (Fsp3) is 0.400. The van der Waals surface area contributed by atoms with Gasteiger partial charge in [-0.05, 0) is 51.1 Å². The van der Waals surface area contributed by atoms with Crippen LogP contribution in [0.3, 0.4) is 0 Å². The van der Waals surface area contributed by atoms with Crippen LogP contribution in [0.15, 0.2) is 28.7 Å². The molecule has 20 heavy (non-hydrogen) atoms. The molecule has 0 aliphatic carbocycles. The molecule has 1 amide bonds. The van der Waals surface area contributed by atoms with E-state index in [1.807, 2.05) is 31.2 Å². The minimum absolute atomic E-state index is 0. The number of carbonyl (C=O) groups is 1. The van der Waals surface area contributed by atoms with Crippen molar-refractivity contribution < 1.29 is 9.21 Å². The summed E-state index contributed by atoms with van der Waals surface area (Å²) in [5.74, 6) is 0.292. The molecule has 0 saturated carbocycles. The SMILES string of the molecule is Cc1ccc2oc(C(=O)NC3CCNCC3)cc2c1.Cl. The molecule has 0 bridgehead atoms. The molecule has 108 valence electrons. The molecule has 0 radical (unpaired) electrons. The minimum atomic E-state index is -0.110. The molecule has 3 rings (SSSR count). The highest BCUT2D eigenvalue weighted by atomic mass is 35.5. The Morgan fingerprint density at radius 3 is 2.80 bits per heavy atom. The maximum absolute atomic E-state index is 12.1. The maximum atomic E-state index is 12.1. The van der Waals surface area contributed by atoms with Gasteiger partial charge in [0.2, 0.25) is 0 Å². The Labute approximate surface area is 124 Å². The highest BCUT2D eigenvalue weighted by Crippen LogP contribution is 2.20. The van der Waals surface area contributed by atoms with Gasteiger partial charge in [-0.2, -0.15) is 0 Å². The average molecular weight is 295 g/mol. The molecule has 1 saturated heterocycles. The third kappa shape index (κ3) is 3.14. The van der Waals surface area contributed by atoms with Gasteiger partial charge in [0.15, 0.2) is 5.76 Å². The summed E-state index contributed by atoms with van der Waals surface area (Å²) in [6.07, 6.45) is 1.95. The number of halogens is 1. The van der Waals surface area contributed by atoms with E-state index in [-0.39, 0.29) is 24.4 Å². The van der Waals surface area contributed by atoms with Crippen molar-refractivity contribution in [2.45, 2.75) is 25.8 Å². The third-order valence-corrected chi connectivity index (χ3v) is 3.57. The van der Waals surface area contributed by atoms with E-state index >= 15 is 0 Å². The molecule has 5 heteroatoms. The van der Waals surface area contributed by atoms with E-state index in [0.29, 0.717) is 5.76 Å². The highest BCUT2D eigenvalue weighted by molar-refractivity contribution is 5.96. The number of piperidine rings is 1. The summed E-state index contributed by atoms with van der Waals surface area (Å²) in [7, 11) is 0. The number of amides is 1. The fourth-order valence-corrected chi connectivity index (χ4v) is 2.50. The Bertz CT molecular complexity index is 603. The van der Waals surface area contributed by atoms with Crippen molar-refractivity contribution in [2.24, 2.45) is 0 Å². The van der Waals surface area contributed by atoms with E-state index in [4.69, 9.17) is 4.42 Å². The van der Waals surface area contributed by atoms with Crippen LogP contribution in [0.2, 0.25) is 0 Å². The minimum Gasteiger partial charge on any atom is -0.451 e. The first-order valence-electron chi connectivity index (χ1n) is 6.74. The lowest BCUT2D eigenvalue weighted by Crippen LogP contribution is -2.42. The lowest BCUT2D eigenvalue weighted by atomic mass is 10.1. The topological polar surface area (TPSA) is 54.3 Å². The first-order valence-corrected chi connectivity index (χ1v) is 6.74. The van der Waals surface area contributed by atoms with Crippen LogP contribution in [0.5, 0.6) is 0 Å². The van der Waals surface area contributed by atoms with Crippen LogP contribution < -0.4 is 10.6 Å². The molecule has 0 unspecified atom stereocenters. The summed E-state index contributed by atoms with van der Waals surface area (Å²) in [6, 6.07) is 7.99. The van der Waals surface area contributed by atoms with Gasteiger partial charge in [-0.1, -0.05) is 11.6 Å². The zero-order valence-corrected chi connectivity index (χ0v) is 12.3. The predicted octanol–water partition coefficient (Wildman–Crippen LogP) is 2.64. The summed E-state index contributed by atoms with van der Waals surface area (Å²) in [5.41, 5.74) is 1.93. The molecule has 2 aromatic rings. The largest absolute Gasteiger partial charge is 0.451 e. The Balaban J connectivity index is 0.00000147. The average Bonchev–Trinajstić information content (AvgIpc) is 2.83. The molecule has 4 nitrogen and oxygen atoms in total. The summed E-state index contributed by atoms with van der Waals surface area (Å²) in [4.78, 5) is 12.1. The standard InChI is InChI=1S/C15H18N2O2.ClH/c1-10-2-3-13-11(8-10)9-14(19-13)15(18)17-12-4-6-16-7-5-12;/h2-3,8-9,12,16H,4-7H2,1H3,(H,17,18);1H. The molecule has 1 aromatic carbocycles. The second-order valence-corrected chi connectivity index (χ2v) is 5.15. The van der Waals surface area contributed by atoms with Crippen LogP contribution >= 0.6 is 12.4 Å². The number of hydrogen-bond acceptors (Lipinski definition) is 3. The number of furan rings is 1. The molecule has 1 aliphatic rings. The van der Waals surface area contributed by atoms with E-state index in [1.165, 1.54) is 5.56 Å². The van der Waals surface area contributed by atoms with Crippen molar-refractivity contribution in [3.63, 3.8) is 0 Å². The molecule has 2 N–H and O–H groups in total. The second kappa shape index (κ2) is 6.29. The number of rotatable bonds is 2. The van der Waals surface area contributed by atoms with E-state index in [1.54, 1.807) is 0 Å². The Kier molecular flexibility index (Phi) is 4.68. The van der Waals surface area contributed by atoms with Gasteiger partial charge >= 0.3 is 0 Å². The Morgan fingerprint density at radius 2 is 2.05 bits per heavy atom. The zero-order chi connectivity index (χ0) is 13.2. The summed E-state index contributed by atoms with van der Waals surface area (Å²) in [6.45, 7) is 3.95. The second-order valence-electron chi connectivity index (χ2n) is 5.15. The number of carbonyl (C=O) groups excluding carboxylic acids is 1. The van der Waals surface area contributed by atoms with E-state index in [9.17, 15) is 4.79 Å². The van der Waals surface area contributed by atoms with Crippen LogP contribution in [-0.4, -0.2) is 25.0 Å². The number of hydrogen-bond donors (Lipinski definition) is 2.